The van der Waals surface area contributed by atoms with Gasteiger partial charge in [-0.2, -0.15) is 0 Å². The molecule has 232 valence electrons. The summed E-state index contributed by atoms with van der Waals surface area (Å²) in [7, 11) is 0. The van der Waals surface area contributed by atoms with Crippen molar-refractivity contribution in [1.29, 1.82) is 0 Å². The SMILES string of the molecule is O=c1c2ccccc2[se]c2cc3c(cc12)Cc1c(cc(-n2c4ccccc4c4ccccc42)cc1N(c1ccccc1)c1ccccc1)C3. The van der Waals surface area contributed by atoms with Crippen molar-refractivity contribution in [3.63, 3.8) is 0 Å². The number of hydrogen-bond acceptors (Lipinski definition) is 2. The molecule has 3 nitrogen and oxygen atoms in total. The average Bonchev–Trinajstić information content (AvgIpc) is 3.49. The number of rotatable bonds is 4. The van der Waals surface area contributed by atoms with Gasteiger partial charge >= 0.3 is 291 Å². The molecule has 0 amide bonds. The van der Waals surface area contributed by atoms with Gasteiger partial charge in [0, 0.05) is 0 Å². The molecule has 0 saturated carbocycles. The molecule has 2 heterocycles. The van der Waals surface area contributed by atoms with Crippen LogP contribution in [0.1, 0.15) is 22.3 Å². The molecule has 4 heteroatoms. The van der Waals surface area contributed by atoms with Crippen molar-refractivity contribution in [2.75, 3.05) is 4.90 Å². The van der Waals surface area contributed by atoms with Crippen LogP contribution >= 0.6 is 0 Å². The molecular formula is C45H30N2OSe. The van der Waals surface area contributed by atoms with E-state index in [1.54, 1.807) is 0 Å². The number of nitrogens with zero attached hydrogens (tertiary/aromatic N) is 2. The molecule has 0 N–H and O–H groups in total. The quantitative estimate of drug-likeness (QED) is 0.135. The predicted molar refractivity (Wildman–Crippen MR) is 206 cm³/mol. The molecule has 0 fully saturated rings. The van der Waals surface area contributed by atoms with E-state index in [1.165, 1.54) is 52.6 Å². The Morgan fingerprint density at radius 1 is 0.490 bits per heavy atom. The summed E-state index contributed by atoms with van der Waals surface area (Å²) in [6.07, 6.45) is 1.58. The minimum absolute atomic E-state index is 0.0997. The van der Waals surface area contributed by atoms with E-state index in [-0.39, 0.29) is 19.9 Å². The molecule has 0 atom stereocenters. The second kappa shape index (κ2) is 11.2. The average molecular weight is 694 g/mol. The second-order valence-corrected chi connectivity index (χ2v) is 15.2. The van der Waals surface area contributed by atoms with Crippen molar-refractivity contribution in [2.24, 2.45) is 0 Å². The van der Waals surface area contributed by atoms with Crippen LogP contribution in [0.25, 0.3) is 46.8 Å². The molecule has 10 rings (SSSR count). The fourth-order valence-electron chi connectivity index (χ4n) is 7.83. The minimum atomic E-state index is 0.0997. The van der Waals surface area contributed by atoms with E-state index in [0.717, 1.165) is 46.4 Å². The van der Waals surface area contributed by atoms with Crippen molar-refractivity contribution in [2.45, 2.75) is 12.8 Å². The predicted octanol–water partition coefficient (Wildman–Crippen LogP) is 10.5. The van der Waals surface area contributed by atoms with Gasteiger partial charge in [0.25, 0.3) is 0 Å². The Morgan fingerprint density at radius 3 is 1.73 bits per heavy atom. The molecule has 9 aromatic rings. The number of hydrogen-bond donors (Lipinski definition) is 0. The molecule has 0 unspecified atom stereocenters. The first-order chi connectivity index (χ1) is 24.2. The van der Waals surface area contributed by atoms with E-state index in [2.05, 4.69) is 155 Å². The van der Waals surface area contributed by atoms with Gasteiger partial charge < -0.3 is 0 Å². The molecule has 7 aromatic carbocycles. The van der Waals surface area contributed by atoms with Crippen molar-refractivity contribution in [3.8, 4) is 5.69 Å². The summed E-state index contributed by atoms with van der Waals surface area (Å²) in [6.45, 7) is 0. The van der Waals surface area contributed by atoms with Gasteiger partial charge in [-0.25, -0.2) is 0 Å². The molecule has 49 heavy (non-hydrogen) atoms. The summed E-state index contributed by atoms with van der Waals surface area (Å²) < 4.78 is 4.82. The van der Waals surface area contributed by atoms with Gasteiger partial charge in [-0.15, -0.1) is 0 Å². The Balaban J connectivity index is 1.26. The Morgan fingerprint density at radius 2 is 1.06 bits per heavy atom. The Kier molecular flexibility index (Phi) is 6.48. The topological polar surface area (TPSA) is 25.2 Å². The van der Waals surface area contributed by atoms with Crippen LogP contribution in [0.15, 0.2) is 163 Å². The number of para-hydroxylation sites is 4. The molecule has 1 aliphatic carbocycles. The van der Waals surface area contributed by atoms with Gasteiger partial charge in [0.15, 0.2) is 0 Å². The summed E-state index contributed by atoms with van der Waals surface area (Å²) in [6, 6.07) is 56.3. The van der Waals surface area contributed by atoms with Crippen LogP contribution in [-0.4, -0.2) is 19.1 Å². The fraction of sp³-hybridized carbons (Fsp3) is 0.0444. The van der Waals surface area contributed by atoms with Crippen LogP contribution in [0.4, 0.5) is 17.1 Å². The molecule has 1 aliphatic rings. The first-order valence-electron chi connectivity index (χ1n) is 16.7. The zero-order chi connectivity index (χ0) is 32.5. The van der Waals surface area contributed by atoms with Crippen LogP contribution in [0.5, 0.6) is 0 Å². The van der Waals surface area contributed by atoms with E-state index < -0.39 is 0 Å². The molecule has 2 aromatic heterocycles. The second-order valence-electron chi connectivity index (χ2n) is 12.9. The first-order valence-corrected chi connectivity index (χ1v) is 18.4. The number of benzene rings is 7. The van der Waals surface area contributed by atoms with Gasteiger partial charge in [0.2, 0.25) is 0 Å². The molecule has 0 saturated heterocycles. The monoisotopic (exact) mass is 694 g/mol. The Hall–Kier alpha value is -5.67. The van der Waals surface area contributed by atoms with Crippen molar-refractivity contribution in [3.05, 3.63) is 190 Å². The summed E-state index contributed by atoms with van der Waals surface area (Å²) >= 11 is 0.0997. The van der Waals surface area contributed by atoms with Crippen molar-refractivity contribution in [1.82, 2.24) is 4.57 Å². The molecule has 0 bridgehead atoms. The normalized spacial score (nSPS) is 12.4. The molecule has 0 spiro atoms. The van der Waals surface area contributed by atoms with Crippen LogP contribution < -0.4 is 10.3 Å². The van der Waals surface area contributed by atoms with Crippen molar-refractivity contribution >= 4 is 72.7 Å². The van der Waals surface area contributed by atoms with Crippen LogP contribution in [-0.2, 0) is 12.8 Å². The van der Waals surface area contributed by atoms with Gasteiger partial charge in [-0.05, 0) is 0 Å². The zero-order valence-electron chi connectivity index (χ0n) is 26.6. The summed E-state index contributed by atoms with van der Waals surface area (Å²) in [5.41, 5.74) is 12.3. The van der Waals surface area contributed by atoms with Crippen LogP contribution in [0, 0.1) is 0 Å². The standard InChI is InChI=1S/C45H30N2OSe/c48-45-37-19-9-12-22-43(37)49-44-27-29-23-31-24-34(47-40-20-10-7-17-35(40)36-18-8-11-21-41(36)47)28-42(38(31)25-30(29)26-39(44)45)46(32-13-3-1-4-14-32)33-15-5-2-6-16-33/h1-22,24,26-28H,23,25H2. The fourth-order valence-corrected chi connectivity index (χ4v) is 10.2. The van der Waals surface area contributed by atoms with E-state index >= 15 is 0 Å². The Labute approximate surface area is 289 Å². The van der Waals surface area contributed by atoms with E-state index in [0.29, 0.717) is 0 Å². The third-order valence-corrected chi connectivity index (χ3v) is 12.4. The van der Waals surface area contributed by atoms with E-state index in [4.69, 9.17) is 0 Å². The van der Waals surface area contributed by atoms with E-state index in [1.807, 2.05) is 12.1 Å². The number of fused-ring (bicyclic) bond motifs is 7. The maximum absolute atomic E-state index is 13.8. The zero-order valence-corrected chi connectivity index (χ0v) is 28.3. The summed E-state index contributed by atoms with van der Waals surface area (Å²) in [5, 5.41) is 4.25. The van der Waals surface area contributed by atoms with Gasteiger partial charge in [0.05, 0.1) is 0 Å². The molecular weight excluding hydrogens is 663 g/mol. The molecule has 0 aliphatic heterocycles. The Bertz CT molecular complexity index is 2700. The van der Waals surface area contributed by atoms with E-state index in [9.17, 15) is 4.79 Å². The summed E-state index contributed by atoms with van der Waals surface area (Å²) in [4.78, 5) is 16.2. The van der Waals surface area contributed by atoms with Gasteiger partial charge in [-0.3, -0.25) is 0 Å². The van der Waals surface area contributed by atoms with Gasteiger partial charge in [0.1, 0.15) is 0 Å². The third kappa shape index (κ3) is 4.53. The number of aromatic nitrogens is 1. The summed E-state index contributed by atoms with van der Waals surface area (Å²) in [5.74, 6) is 0. The third-order valence-electron chi connectivity index (χ3n) is 10.1. The maximum atomic E-state index is 13.8. The first kappa shape index (κ1) is 28.4. The van der Waals surface area contributed by atoms with Gasteiger partial charge in [-0.1, -0.05) is 0 Å². The number of anilines is 3. The van der Waals surface area contributed by atoms with Crippen molar-refractivity contribution < 1.29 is 0 Å². The van der Waals surface area contributed by atoms with Crippen LogP contribution in [0.3, 0.4) is 0 Å². The van der Waals surface area contributed by atoms with Crippen LogP contribution in [0.2, 0.25) is 0 Å². The molecule has 0 radical (unpaired) electrons.